The first-order valence-electron chi connectivity index (χ1n) is 5.86. The number of nitrogens with one attached hydrogen (secondary N) is 1. The first kappa shape index (κ1) is 11.6. The van der Waals surface area contributed by atoms with Crippen LogP contribution in [-0.4, -0.2) is 16.7 Å². The summed E-state index contributed by atoms with van der Waals surface area (Å²) in [7, 11) is 0. The zero-order chi connectivity index (χ0) is 12.1. The minimum absolute atomic E-state index is 0.553. The number of benzene rings is 1. The molecule has 4 nitrogen and oxygen atoms in total. The molecule has 17 heavy (non-hydrogen) atoms. The highest BCUT2D eigenvalue weighted by molar-refractivity contribution is 5.60. The molecule has 2 aromatic rings. The Kier molecular flexibility index (Phi) is 3.75. The quantitative estimate of drug-likeness (QED) is 0.858. The van der Waals surface area contributed by atoms with Gasteiger partial charge in [-0.1, -0.05) is 19.9 Å². The topological polar surface area (TPSA) is 51.0 Å². The fourth-order valence-corrected chi connectivity index (χ4v) is 1.57. The van der Waals surface area contributed by atoms with E-state index in [-0.39, 0.29) is 0 Å². The van der Waals surface area contributed by atoms with E-state index in [4.69, 9.17) is 4.42 Å². The number of hydrogen-bond donors (Lipinski definition) is 1. The maximum absolute atomic E-state index is 5.17. The number of anilines is 1. The van der Waals surface area contributed by atoms with Crippen molar-refractivity contribution < 1.29 is 4.42 Å². The molecule has 1 aromatic carbocycles. The maximum atomic E-state index is 5.17. The van der Waals surface area contributed by atoms with Crippen LogP contribution >= 0.6 is 0 Å². The standard InChI is InChI=1S/C13H17N3O/c1-10(2)6-7-14-12-5-3-4-11(8-12)13-16-15-9-17-13/h3-5,8-10,14H,6-7H2,1-2H3. The van der Waals surface area contributed by atoms with Gasteiger partial charge in [0.05, 0.1) is 0 Å². The first-order valence-corrected chi connectivity index (χ1v) is 5.86. The Hall–Kier alpha value is -1.84. The summed E-state index contributed by atoms with van der Waals surface area (Å²) in [5.41, 5.74) is 2.03. The molecule has 0 saturated carbocycles. The summed E-state index contributed by atoms with van der Waals surface area (Å²) in [5, 5.41) is 11.0. The van der Waals surface area contributed by atoms with E-state index in [1.807, 2.05) is 24.3 Å². The lowest BCUT2D eigenvalue weighted by molar-refractivity contribution is 0.568. The Labute approximate surface area is 101 Å². The molecule has 90 valence electrons. The SMILES string of the molecule is CC(C)CCNc1cccc(-c2nnco2)c1. The summed E-state index contributed by atoms with van der Waals surface area (Å²) in [4.78, 5) is 0. The molecule has 1 aromatic heterocycles. The fourth-order valence-electron chi connectivity index (χ4n) is 1.57. The highest BCUT2D eigenvalue weighted by Gasteiger charge is 2.03. The highest BCUT2D eigenvalue weighted by atomic mass is 16.4. The molecule has 1 heterocycles. The van der Waals surface area contributed by atoms with Gasteiger partial charge in [-0.05, 0) is 30.5 Å². The zero-order valence-electron chi connectivity index (χ0n) is 10.2. The largest absolute Gasteiger partial charge is 0.423 e. The van der Waals surface area contributed by atoms with Gasteiger partial charge in [0.2, 0.25) is 12.3 Å². The molecule has 0 atom stereocenters. The molecule has 0 radical (unpaired) electrons. The van der Waals surface area contributed by atoms with Crippen molar-refractivity contribution in [3.05, 3.63) is 30.7 Å². The van der Waals surface area contributed by atoms with Crippen molar-refractivity contribution >= 4 is 5.69 Å². The zero-order valence-corrected chi connectivity index (χ0v) is 10.2. The van der Waals surface area contributed by atoms with E-state index in [9.17, 15) is 0 Å². The van der Waals surface area contributed by atoms with Crippen molar-refractivity contribution in [2.24, 2.45) is 5.92 Å². The van der Waals surface area contributed by atoms with Gasteiger partial charge in [-0.2, -0.15) is 0 Å². The third kappa shape index (κ3) is 3.31. The van der Waals surface area contributed by atoms with Crippen LogP contribution in [0.25, 0.3) is 11.5 Å². The summed E-state index contributed by atoms with van der Waals surface area (Å²) in [5.74, 6) is 1.26. The molecule has 0 aliphatic heterocycles. The maximum Gasteiger partial charge on any atom is 0.247 e. The molecule has 2 rings (SSSR count). The van der Waals surface area contributed by atoms with E-state index in [0.717, 1.165) is 24.2 Å². The van der Waals surface area contributed by atoms with Crippen LogP contribution in [0.4, 0.5) is 5.69 Å². The molecule has 1 N–H and O–H groups in total. The smallest absolute Gasteiger partial charge is 0.247 e. The molecule has 0 saturated heterocycles. The van der Waals surface area contributed by atoms with Gasteiger partial charge >= 0.3 is 0 Å². The van der Waals surface area contributed by atoms with Crippen molar-refractivity contribution in [2.45, 2.75) is 20.3 Å². The average Bonchev–Trinajstić information content (AvgIpc) is 2.82. The average molecular weight is 231 g/mol. The fraction of sp³-hybridized carbons (Fsp3) is 0.385. The number of hydrogen-bond acceptors (Lipinski definition) is 4. The van der Waals surface area contributed by atoms with Crippen molar-refractivity contribution in [2.75, 3.05) is 11.9 Å². The van der Waals surface area contributed by atoms with E-state index in [0.29, 0.717) is 11.8 Å². The van der Waals surface area contributed by atoms with Crippen LogP contribution in [0.1, 0.15) is 20.3 Å². The van der Waals surface area contributed by atoms with Gasteiger partial charge in [0.15, 0.2) is 0 Å². The third-order valence-corrected chi connectivity index (χ3v) is 2.52. The van der Waals surface area contributed by atoms with Crippen LogP contribution in [0, 0.1) is 5.92 Å². The Bertz CT molecular complexity index is 451. The van der Waals surface area contributed by atoms with Crippen LogP contribution in [0.15, 0.2) is 35.1 Å². The molecule has 0 aliphatic rings. The lowest BCUT2D eigenvalue weighted by Crippen LogP contribution is -2.04. The molecule has 0 aliphatic carbocycles. The molecular formula is C13H17N3O. The third-order valence-electron chi connectivity index (χ3n) is 2.52. The summed E-state index contributed by atoms with van der Waals surface area (Å²) in [6, 6.07) is 8.01. The summed E-state index contributed by atoms with van der Waals surface area (Å²) in [6.07, 6.45) is 2.50. The lowest BCUT2D eigenvalue weighted by atomic mass is 10.1. The van der Waals surface area contributed by atoms with E-state index in [1.54, 1.807) is 0 Å². The molecular weight excluding hydrogens is 214 g/mol. The van der Waals surface area contributed by atoms with Gasteiger partial charge in [-0.3, -0.25) is 0 Å². The molecule has 0 bridgehead atoms. The molecule has 0 spiro atoms. The summed E-state index contributed by atoms with van der Waals surface area (Å²) >= 11 is 0. The Morgan fingerprint density at radius 1 is 1.35 bits per heavy atom. The van der Waals surface area contributed by atoms with Crippen molar-refractivity contribution in [3.63, 3.8) is 0 Å². The van der Waals surface area contributed by atoms with Gasteiger partial charge in [0.1, 0.15) is 0 Å². The van der Waals surface area contributed by atoms with Crippen LogP contribution in [-0.2, 0) is 0 Å². The van der Waals surface area contributed by atoms with Gasteiger partial charge in [-0.15, -0.1) is 10.2 Å². The monoisotopic (exact) mass is 231 g/mol. The van der Waals surface area contributed by atoms with Gasteiger partial charge < -0.3 is 9.73 Å². The van der Waals surface area contributed by atoms with Gasteiger partial charge in [0, 0.05) is 17.8 Å². The molecule has 0 unspecified atom stereocenters. The van der Waals surface area contributed by atoms with E-state index in [1.165, 1.54) is 6.39 Å². The minimum atomic E-state index is 0.553. The Morgan fingerprint density at radius 2 is 2.24 bits per heavy atom. The second-order valence-electron chi connectivity index (χ2n) is 4.43. The van der Waals surface area contributed by atoms with Gasteiger partial charge in [0.25, 0.3) is 0 Å². The predicted molar refractivity (Wildman–Crippen MR) is 67.7 cm³/mol. The van der Waals surface area contributed by atoms with Crippen molar-refractivity contribution in [1.29, 1.82) is 0 Å². The van der Waals surface area contributed by atoms with Crippen LogP contribution in [0.2, 0.25) is 0 Å². The van der Waals surface area contributed by atoms with Crippen molar-refractivity contribution in [3.8, 4) is 11.5 Å². The molecule has 4 heteroatoms. The molecule has 0 fully saturated rings. The van der Waals surface area contributed by atoms with E-state index in [2.05, 4.69) is 29.4 Å². The summed E-state index contributed by atoms with van der Waals surface area (Å²) in [6.45, 7) is 5.41. The lowest BCUT2D eigenvalue weighted by Gasteiger charge is -2.08. The molecule has 0 amide bonds. The van der Waals surface area contributed by atoms with Crippen LogP contribution < -0.4 is 5.32 Å². The van der Waals surface area contributed by atoms with E-state index >= 15 is 0 Å². The number of nitrogens with zero attached hydrogens (tertiary/aromatic N) is 2. The first-order chi connectivity index (χ1) is 8.25. The second-order valence-corrected chi connectivity index (χ2v) is 4.43. The predicted octanol–water partition coefficient (Wildman–Crippen LogP) is 3.19. The number of rotatable bonds is 5. The van der Waals surface area contributed by atoms with E-state index < -0.39 is 0 Å². The van der Waals surface area contributed by atoms with Gasteiger partial charge in [-0.25, -0.2) is 0 Å². The highest BCUT2D eigenvalue weighted by Crippen LogP contribution is 2.20. The second kappa shape index (κ2) is 5.48. The minimum Gasteiger partial charge on any atom is -0.423 e. The Morgan fingerprint density at radius 3 is 2.94 bits per heavy atom. The van der Waals surface area contributed by atoms with Crippen LogP contribution in [0.3, 0.4) is 0 Å². The Balaban J connectivity index is 2.02. The summed E-state index contributed by atoms with van der Waals surface area (Å²) < 4.78 is 5.17. The van der Waals surface area contributed by atoms with Crippen molar-refractivity contribution in [1.82, 2.24) is 10.2 Å². The van der Waals surface area contributed by atoms with Crippen LogP contribution in [0.5, 0.6) is 0 Å². The normalized spacial score (nSPS) is 10.8. The number of aromatic nitrogens is 2.